The molecule has 1 fully saturated rings. The molecule has 0 radical (unpaired) electrons. The van der Waals surface area contributed by atoms with E-state index in [9.17, 15) is 9.18 Å². The van der Waals surface area contributed by atoms with E-state index in [1.54, 1.807) is 6.07 Å². The van der Waals surface area contributed by atoms with Crippen LogP contribution in [0.3, 0.4) is 0 Å². The Morgan fingerprint density at radius 2 is 1.88 bits per heavy atom. The Labute approximate surface area is 142 Å². The summed E-state index contributed by atoms with van der Waals surface area (Å²) in [7, 11) is 1.42. The molecule has 1 atom stereocenters. The molecule has 126 valence electrons. The zero-order valence-corrected chi connectivity index (χ0v) is 13.9. The van der Waals surface area contributed by atoms with Crippen molar-refractivity contribution < 1.29 is 13.9 Å². The minimum atomic E-state index is -0.503. The van der Waals surface area contributed by atoms with Crippen molar-refractivity contribution in [2.24, 2.45) is 0 Å². The molecule has 0 amide bonds. The van der Waals surface area contributed by atoms with Gasteiger partial charge < -0.3 is 9.64 Å². The molecule has 4 heteroatoms. The summed E-state index contributed by atoms with van der Waals surface area (Å²) in [6.45, 7) is 2.72. The van der Waals surface area contributed by atoms with Gasteiger partial charge in [0.2, 0.25) is 0 Å². The number of methoxy groups -OCH3 is 1. The van der Waals surface area contributed by atoms with Gasteiger partial charge in [0, 0.05) is 12.1 Å². The molecule has 0 bridgehead atoms. The predicted molar refractivity (Wildman–Crippen MR) is 92.1 cm³/mol. The Morgan fingerprint density at radius 3 is 2.50 bits per heavy atom. The minimum Gasteiger partial charge on any atom is -0.494 e. The summed E-state index contributed by atoms with van der Waals surface area (Å²) in [5.74, 6) is -0.676. The predicted octanol–water partition coefficient (Wildman–Crippen LogP) is 3.90. The SMILES string of the molecule is COc1ccc(C(=O)[C@H](CN2CCCC2)c2ccccc2)cc1F. The highest BCUT2D eigenvalue weighted by Gasteiger charge is 2.26. The summed E-state index contributed by atoms with van der Waals surface area (Å²) in [5, 5.41) is 0. The fraction of sp³-hybridized carbons (Fsp3) is 0.350. The van der Waals surface area contributed by atoms with Crippen LogP contribution in [0.4, 0.5) is 4.39 Å². The zero-order chi connectivity index (χ0) is 16.9. The van der Waals surface area contributed by atoms with Crippen LogP contribution in [0.5, 0.6) is 5.75 Å². The second-order valence-electron chi connectivity index (χ2n) is 6.18. The van der Waals surface area contributed by atoms with E-state index in [2.05, 4.69) is 4.90 Å². The van der Waals surface area contributed by atoms with E-state index >= 15 is 0 Å². The van der Waals surface area contributed by atoms with E-state index in [1.165, 1.54) is 32.1 Å². The topological polar surface area (TPSA) is 29.5 Å². The van der Waals surface area contributed by atoms with Crippen LogP contribution >= 0.6 is 0 Å². The summed E-state index contributed by atoms with van der Waals surface area (Å²) in [4.78, 5) is 15.4. The van der Waals surface area contributed by atoms with Crippen molar-refractivity contribution in [2.75, 3.05) is 26.7 Å². The Kier molecular flexibility index (Phi) is 5.26. The smallest absolute Gasteiger partial charge is 0.171 e. The molecule has 24 heavy (non-hydrogen) atoms. The number of likely N-dealkylation sites (tertiary alicyclic amines) is 1. The fourth-order valence-corrected chi connectivity index (χ4v) is 3.27. The van der Waals surface area contributed by atoms with Gasteiger partial charge in [-0.25, -0.2) is 4.39 Å². The van der Waals surface area contributed by atoms with Gasteiger partial charge in [-0.05, 0) is 49.7 Å². The maximum atomic E-state index is 14.0. The molecular formula is C20H22FNO2. The number of benzene rings is 2. The lowest BCUT2D eigenvalue weighted by Gasteiger charge is -2.23. The third-order valence-corrected chi connectivity index (χ3v) is 4.59. The van der Waals surface area contributed by atoms with Crippen LogP contribution in [0.2, 0.25) is 0 Å². The lowest BCUT2D eigenvalue weighted by Crippen LogP contribution is -2.30. The number of Topliss-reactive ketones (excluding diaryl/α,β-unsaturated/α-hetero) is 1. The van der Waals surface area contributed by atoms with E-state index in [0.717, 1.165) is 18.7 Å². The van der Waals surface area contributed by atoms with Crippen LogP contribution in [0.15, 0.2) is 48.5 Å². The van der Waals surface area contributed by atoms with Gasteiger partial charge >= 0.3 is 0 Å². The molecule has 0 unspecified atom stereocenters. The Hall–Kier alpha value is -2.20. The second kappa shape index (κ2) is 7.58. The first kappa shape index (κ1) is 16.7. The molecule has 1 aliphatic rings. The van der Waals surface area contributed by atoms with Crippen LogP contribution in [0.1, 0.15) is 34.7 Å². The van der Waals surface area contributed by atoms with Gasteiger partial charge in [0.1, 0.15) is 0 Å². The molecule has 1 heterocycles. The third kappa shape index (κ3) is 3.65. The number of rotatable bonds is 6. The molecule has 0 saturated carbocycles. The average Bonchev–Trinajstić information content (AvgIpc) is 3.13. The van der Waals surface area contributed by atoms with E-state index in [-0.39, 0.29) is 17.5 Å². The van der Waals surface area contributed by atoms with E-state index in [1.807, 2.05) is 30.3 Å². The first-order chi connectivity index (χ1) is 11.7. The molecular weight excluding hydrogens is 305 g/mol. The van der Waals surface area contributed by atoms with Crippen LogP contribution < -0.4 is 4.74 Å². The van der Waals surface area contributed by atoms with Gasteiger partial charge in [0.05, 0.1) is 13.0 Å². The van der Waals surface area contributed by atoms with Crippen LogP contribution in [-0.4, -0.2) is 37.4 Å². The van der Waals surface area contributed by atoms with Crippen LogP contribution in [-0.2, 0) is 0 Å². The maximum Gasteiger partial charge on any atom is 0.171 e. The molecule has 2 aromatic rings. The summed E-state index contributed by atoms with van der Waals surface area (Å²) in [6, 6.07) is 14.2. The van der Waals surface area contributed by atoms with Crippen molar-refractivity contribution in [2.45, 2.75) is 18.8 Å². The van der Waals surface area contributed by atoms with Gasteiger partial charge in [-0.15, -0.1) is 0 Å². The Morgan fingerprint density at radius 1 is 1.17 bits per heavy atom. The molecule has 0 spiro atoms. The highest BCUT2D eigenvalue weighted by atomic mass is 19.1. The van der Waals surface area contributed by atoms with Crippen molar-refractivity contribution >= 4 is 5.78 Å². The molecule has 1 saturated heterocycles. The Bertz CT molecular complexity index is 696. The van der Waals surface area contributed by atoms with Crippen LogP contribution in [0, 0.1) is 5.82 Å². The summed E-state index contributed by atoms with van der Waals surface area (Å²) in [6.07, 6.45) is 2.35. The van der Waals surface area contributed by atoms with Crippen molar-refractivity contribution in [1.82, 2.24) is 4.90 Å². The standard InChI is InChI=1S/C20H22FNO2/c1-24-19-10-9-16(13-18(19)21)20(23)17(14-22-11-5-6-12-22)15-7-3-2-4-8-15/h2-4,7-10,13,17H,5-6,11-12,14H2,1H3/t17-/m1/s1. The highest BCUT2D eigenvalue weighted by molar-refractivity contribution is 6.01. The Balaban J connectivity index is 1.89. The van der Waals surface area contributed by atoms with Gasteiger partial charge in [-0.1, -0.05) is 30.3 Å². The second-order valence-corrected chi connectivity index (χ2v) is 6.18. The highest BCUT2D eigenvalue weighted by Crippen LogP contribution is 2.26. The summed E-state index contributed by atoms with van der Waals surface area (Å²) in [5.41, 5.74) is 1.37. The molecule has 0 aliphatic carbocycles. The van der Waals surface area contributed by atoms with Gasteiger partial charge in [-0.3, -0.25) is 4.79 Å². The third-order valence-electron chi connectivity index (χ3n) is 4.59. The van der Waals surface area contributed by atoms with Gasteiger partial charge in [-0.2, -0.15) is 0 Å². The monoisotopic (exact) mass is 327 g/mol. The number of ether oxygens (including phenoxy) is 1. The van der Waals surface area contributed by atoms with Gasteiger partial charge in [0.15, 0.2) is 17.3 Å². The lowest BCUT2D eigenvalue weighted by molar-refractivity contribution is 0.0939. The van der Waals surface area contributed by atoms with Crippen molar-refractivity contribution in [1.29, 1.82) is 0 Å². The number of carbonyl (C=O) groups excluding carboxylic acids is 1. The van der Waals surface area contributed by atoms with Gasteiger partial charge in [0.25, 0.3) is 0 Å². The van der Waals surface area contributed by atoms with Crippen molar-refractivity contribution in [3.05, 3.63) is 65.5 Å². The number of nitrogens with zero attached hydrogens (tertiary/aromatic N) is 1. The van der Waals surface area contributed by atoms with E-state index < -0.39 is 5.82 Å². The van der Waals surface area contributed by atoms with Crippen molar-refractivity contribution in [3.63, 3.8) is 0 Å². The fourth-order valence-electron chi connectivity index (χ4n) is 3.27. The first-order valence-corrected chi connectivity index (χ1v) is 8.34. The lowest BCUT2D eigenvalue weighted by atomic mass is 9.90. The molecule has 3 nitrogen and oxygen atoms in total. The summed E-state index contributed by atoms with van der Waals surface area (Å²) < 4.78 is 18.9. The molecule has 0 aromatic heterocycles. The number of carbonyl (C=O) groups is 1. The minimum absolute atomic E-state index is 0.0466. The molecule has 2 aromatic carbocycles. The zero-order valence-electron chi connectivity index (χ0n) is 13.9. The van der Waals surface area contributed by atoms with Crippen LogP contribution in [0.25, 0.3) is 0 Å². The van der Waals surface area contributed by atoms with E-state index in [0.29, 0.717) is 12.1 Å². The average molecular weight is 327 g/mol. The largest absolute Gasteiger partial charge is 0.494 e. The van der Waals surface area contributed by atoms with E-state index in [4.69, 9.17) is 4.74 Å². The molecule has 3 rings (SSSR count). The normalized spacial score (nSPS) is 16.1. The molecule has 1 aliphatic heterocycles. The number of ketones is 1. The van der Waals surface area contributed by atoms with Crippen molar-refractivity contribution in [3.8, 4) is 5.75 Å². The number of hydrogen-bond donors (Lipinski definition) is 0. The summed E-state index contributed by atoms with van der Waals surface area (Å²) >= 11 is 0. The number of hydrogen-bond acceptors (Lipinski definition) is 3. The first-order valence-electron chi connectivity index (χ1n) is 8.34. The quantitative estimate of drug-likeness (QED) is 0.754. The maximum absolute atomic E-state index is 14.0. The molecule has 0 N–H and O–H groups in total. The number of halogens is 1.